The summed E-state index contributed by atoms with van der Waals surface area (Å²) < 4.78 is 0. The van der Waals surface area contributed by atoms with Crippen LogP contribution in [0.25, 0.3) is 0 Å². The van der Waals surface area contributed by atoms with Crippen LogP contribution in [0.2, 0.25) is 15.1 Å². The largest absolute Gasteiger partial charge is 0.301 e. The fraction of sp³-hybridized carbons (Fsp3) is 0.0588. The molecule has 0 saturated carbocycles. The predicted molar refractivity (Wildman–Crippen MR) is 108 cm³/mol. The highest BCUT2D eigenvalue weighted by Gasteiger charge is 2.38. The first-order chi connectivity index (χ1) is 12.4. The van der Waals surface area contributed by atoms with Crippen molar-refractivity contribution in [2.24, 2.45) is 10.9 Å². The molecule has 1 fully saturated rings. The second-order valence-electron chi connectivity index (χ2n) is 5.30. The lowest BCUT2D eigenvalue weighted by molar-refractivity contribution is -0.130. The molecule has 2 amide bonds. The molecule has 2 aromatic rings. The average Bonchev–Trinajstić information content (AvgIpc) is 2.59. The summed E-state index contributed by atoms with van der Waals surface area (Å²) in [6.45, 7) is 0. The quantitative estimate of drug-likeness (QED) is 0.449. The summed E-state index contributed by atoms with van der Waals surface area (Å²) in [6.07, 6.45) is 1.25. The third kappa shape index (κ3) is 3.88. The lowest BCUT2D eigenvalue weighted by Crippen LogP contribution is -2.58. The van der Waals surface area contributed by atoms with Gasteiger partial charge in [0.1, 0.15) is 0 Å². The summed E-state index contributed by atoms with van der Waals surface area (Å²) in [5.74, 6) is -2.19. The van der Waals surface area contributed by atoms with Crippen LogP contribution in [0.1, 0.15) is 0 Å². The molecule has 1 aliphatic heterocycles. The summed E-state index contributed by atoms with van der Waals surface area (Å²) in [5, 5.41) is 3.74. The first-order valence-corrected chi connectivity index (χ1v) is 8.84. The van der Waals surface area contributed by atoms with Crippen LogP contribution in [0.5, 0.6) is 0 Å². The van der Waals surface area contributed by atoms with Gasteiger partial charge in [0.15, 0.2) is 11.0 Å². The topological polar surface area (TPSA) is 61.8 Å². The van der Waals surface area contributed by atoms with Crippen molar-refractivity contribution in [1.82, 2.24) is 5.32 Å². The van der Waals surface area contributed by atoms with Crippen molar-refractivity contribution in [3.63, 3.8) is 0 Å². The third-order valence-corrected chi connectivity index (χ3v) is 4.84. The maximum Gasteiger partial charge on any atom is 0.251 e. The molecule has 0 aromatic heterocycles. The van der Waals surface area contributed by atoms with Crippen molar-refractivity contribution < 1.29 is 9.59 Å². The van der Waals surface area contributed by atoms with Gasteiger partial charge in [0.2, 0.25) is 5.91 Å². The number of hydrogen-bond donors (Lipinski definition) is 1. The molecule has 3 rings (SSSR count). The first kappa shape index (κ1) is 18.8. The van der Waals surface area contributed by atoms with Crippen molar-refractivity contribution in [2.45, 2.75) is 0 Å². The second-order valence-corrected chi connectivity index (χ2v) is 6.94. The Kier molecular flexibility index (Phi) is 5.58. The van der Waals surface area contributed by atoms with Crippen LogP contribution < -0.4 is 10.2 Å². The van der Waals surface area contributed by atoms with Crippen LogP contribution in [0.3, 0.4) is 0 Å². The molecule has 1 saturated heterocycles. The van der Waals surface area contributed by atoms with Gasteiger partial charge in [0.25, 0.3) is 5.91 Å². The number of benzene rings is 2. The van der Waals surface area contributed by atoms with Crippen LogP contribution in [0.15, 0.2) is 47.5 Å². The van der Waals surface area contributed by atoms with Gasteiger partial charge in [0.05, 0.1) is 21.4 Å². The molecule has 5 nitrogen and oxygen atoms in total. The van der Waals surface area contributed by atoms with E-state index in [1.54, 1.807) is 36.4 Å². The number of aliphatic imine (C=N–C) groups is 1. The zero-order valence-electron chi connectivity index (χ0n) is 12.9. The Bertz CT molecular complexity index is 931. The number of nitrogens with one attached hydrogen (secondary N) is 1. The van der Waals surface area contributed by atoms with Crippen LogP contribution >= 0.6 is 47.0 Å². The monoisotopic (exact) mass is 425 g/mol. The molecule has 1 N–H and O–H groups in total. The van der Waals surface area contributed by atoms with E-state index in [9.17, 15) is 9.59 Å². The Hall–Kier alpha value is -1.99. The Morgan fingerprint density at radius 2 is 1.73 bits per heavy atom. The predicted octanol–water partition coefficient (Wildman–Crippen LogP) is 4.41. The summed E-state index contributed by atoms with van der Waals surface area (Å²) in [7, 11) is 0. The molecule has 0 bridgehead atoms. The number of amides is 2. The number of nitrogens with zero attached hydrogens (tertiary/aromatic N) is 2. The molecule has 0 radical (unpaired) electrons. The highest BCUT2D eigenvalue weighted by atomic mass is 35.5. The third-order valence-electron chi connectivity index (χ3n) is 3.56. The zero-order chi connectivity index (χ0) is 18.8. The Labute approximate surface area is 169 Å². The van der Waals surface area contributed by atoms with Crippen molar-refractivity contribution in [2.75, 3.05) is 4.90 Å². The molecule has 1 aliphatic rings. The van der Waals surface area contributed by atoms with Gasteiger partial charge in [-0.3, -0.25) is 19.5 Å². The van der Waals surface area contributed by atoms with E-state index in [0.29, 0.717) is 26.4 Å². The minimum atomic E-state index is -1.13. The molecule has 0 aliphatic carbocycles. The zero-order valence-corrected chi connectivity index (χ0v) is 16.0. The number of carbonyl (C=O) groups is 2. The van der Waals surface area contributed by atoms with E-state index in [2.05, 4.69) is 10.3 Å². The van der Waals surface area contributed by atoms with Crippen LogP contribution in [-0.2, 0) is 9.59 Å². The van der Waals surface area contributed by atoms with E-state index in [1.165, 1.54) is 17.2 Å². The number of rotatable bonds is 3. The van der Waals surface area contributed by atoms with Gasteiger partial charge in [0, 0.05) is 11.2 Å². The van der Waals surface area contributed by atoms with Gasteiger partial charge in [-0.2, -0.15) is 0 Å². The fourth-order valence-corrected chi connectivity index (χ4v) is 3.00. The fourth-order valence-electron chi connectivity index (χ4n) is 2.28. The Balaban J connectivity index is 1.88. The van der Waals surface area contributed by atoms with E-state index in [0.717, 1.165) is 0 Å². The van der Waals surface area contributed by atoms with Crippen molar-refractivity contribution in [3.8, 4) is 0 Å². The average molecular weight is 427 g/mol. The van der Waals surface area contributed by atoms with Gasteiger partial charge in [-0.15, -0.1) is 0 Å². The number of thiocarbonyl (C=S) groups is 1. The lowest BCUT2D eigenvalue weighted by atomic mass is 10.1. The van der Waals surface area contributed by atoms with E-state index < -0.39 is 17.7 Å². The maximum atomic E-state index is 12.8. The lowest BCUT2D eigenvalue weighted by Gasteiger charge is -2.30. The van der Waals surface area contributed by atoms with Gasteiger partial charge in [-0.25, -0.2) is 0 Å². The second kappa shape index (κ2) is 7.72. The summed E-state index contributed by atoms with van der Waals surface area (Å²) in [4.78, 5) is 30.4. The van der Waals surface area contributed by atoms with E-state index in [-0.39, 0.29) is 5.11 Å². The van der Waals surface area contributed by atoms with E-state index in [4.69, 9.17) is 47.0 Å². The normalized spacial score (nSPS) is 17.7. The smallest absolute Gasteiger partial charge is 0.251 e. The minimum Gasteiger partial charge on any atom is -0.301 e. The molecule has 26 heavy (non-hydrogen) atoms. The summed E-state index contributed by atoms with van der Waals surface area (Å²) in [5.41, 5.74) is 0.962. The molecule has 1 heterocycles. The van der Waals surface area contributed by atoms with E-state index >= 15 is 0 Å². The number of carbonyl (C=O) groups excluding carboxylic acids is 2. The van der Waals surface area contributed by atoms with Gasteiger partial charge < -0.3 is 5.32 Å². The van der Waals surface area contributed by atoms with Gasteiger partial charge in [-0.05, 0) is 54.7 Å². The van der Waals surface area contributed by atoms with Gasteiger partial charge in [-0.1, -0.05) is 34.8 Å². The maximum absolute atomic E-state index is 12.8. The molecule has 2 aromatic carbocycles. The van der Waals surface area contributed by atoms with Crippen LogP contribution in [-0.4, -0.2) is 23.1 Å². The Morgan fingerprint density at radius 1 is 1.04 bits per heavy atom. The number of hydrogen-bond acceptors (Lipinski definition) is 4. The first-order valence-electron chi connectivity index (χ1n) is 7.30. The minimum absolute atomic E-state index is 0.00140. The molecule has 132 valence electrons. The van der Waals surface area contributed by atoms with Gasteiger partial charge >= 0.3 is 0 Å². The van der Waals surface area contributed by atoms with Crippen LogP contribution in [0, 0.1) is 5.92 Å². The van der Waals surface area contributed by atoms with Crippen LogP contribution in [0.4, 0.5) is 11.4 Å². The number of halogens is 3. The SMILES string of the molecule is O=C1NC(=S)N(c2ccc(Cl)cc2)C(=O)[C@H]1C=Nc1ccc(Cl)c(Cl)c1. The standard InChI is InChI=1S/C17H10Cl3N3O2S/c18-9-1-4-11(5-2-9)23-16(25)12(15(24)22-17(23)26)8-21-10-3-6-13(19)14(20)7-10/h1-8,12H,(H,22,24,26)/t12-/m0/s1. The highest BCUT2D eigenvalue weighted by Crippen LogP contribution is 2.27. The van der Waals surface area contributed by atoms with Crippen molar-refractivity contribution >= 4 is 81.5 Å². The number of anilines is 1. The summed E-state index contributed by atoms with van der Waals surface area (Å²) >= 11 is 22.8. The molecule has 1 atom stereocenters. The van der Waals surface area contributed by atoms with Crippen molar-refractivity contribution in [3.05, 3.63) is 57.5 Å². The molecule has 0 spiro atoms. The highest BCUT2D eigenvalue weighted by molar-refractivity contribution is 7.80. The molecule has 9 heteroatoms. The van der Waals surface area contributed by atoms with Crippen molar-refractivity contribution in [1.29, 1.82) is 0 Å². The Morgan fingerprint density at radius 3 is 2.38 bits per heavy atom. The molecule has 0 unspecified atom stereocenters. The van der Waals surface area contributed by atoms with E-state index in [1.807, 2.05) is 0 Å². The molecular formula is C17H10Cl3N3O2S. The molecular weight excluding hydrogens is 417 g/mol. The summed E-state index contributed by atoms with van der Waals surface area (Å²) in [6, 6.07) is 11.3.